The van der Waals surface area contributed by atoms with Crippen molar-refractivity contribution in [3.05, 3.63) is 78.1 Å². The van der Waals surface area contributed by atoms with Crippen LogP contribution in [-0.4, -0.2) is 16.1 Å². The van der Waals surface area contributed by atoms with Gasteiger partial charge in [-0.2, -0.15) is 0 Å². The topological polar surface area (TPSA) is 50.2 Å². The van der Waals surface area contributed by atoms with Crippen LogP contribution in [0.4, 0.5) is 0 Å². The lowest BCUT2D eigenvalue weighted by Crippen LogP contribution is -2.20. The highest BCUT2D eigenvalue weighted by atomic mass is 16.4. The minimum absolute atomic E-state index is 0.0544. The van der Waals surface area contributed by atoms with Crippen LogP contribution in [0.2, 0.25) is 0 Å². The van der Waals surface area contributed by atoms with Gasteiger partial charge in [-0.3, -0.25) is 0 Å². The summed E-state index contributed by atoms with van der Waals surface area (Å²) in [5, 5.41) is 9.06. The van der Waals surface area contributed by atoms with Crippen LogP contribution in [-0.2, 0) is 0 Å². The number of aromatic nitrogens is 1. The molecule has 3 aromatic rings. The van der Waals surface area contributed by atoms with Crippen molar-refractivity contribution in [3.63, 3.8) is 0 Å². The van der Waals surface area contributed by atoms with E-state index in [2.05, 4.69) is 50.0 Å². The van der Waals surface area contributed by atoms with E-state index >= 15 is 0 Å². The van der Waals surface area contributed by atoms with E-state index in [1.54, 1.807) is 6.07 Å². The SMILES string of the molecule is CC1(C)CCC1.Cc1ccccc1-c1cccc(-c2ccnc(C(=O)O)c2)c1. The largest absolute Gasteiger partial charge is 0.477 e. The number of nitrogens with zero attached hydrogens (tertiary/aromatic N) is 1. The fourth-order valence-electron chi connectivity index (χ4n) is 3.37. The van der Waals surface area contributed by atoms with Gasteiger partial charge in [-0.25, -0.2) is 9.78 Å². The van der Waals surface area contributed by atoms with Gasteiger partial charge in [0.15, 0.2) is 0 Å². The maximum Gasteiger partial charge on any atom is 0.354 e. The monoisotopic (exact) mass is 373 g/mol. The van der Waals surface area contributed by atoms with Gasteiger partial charge in [0.1, 0.15) is 5.69 Å². The average molecular weight is 373 g/mol. The smallest absolute Gasteiger partial charge is 0.354 e. The Balaban J connectivity index is 0.000000320. The predicted octanol–water partition coefficient (Wildman–Crippen LogP) is 6.62. The van der Waals surface area contributed by atoms with Crippen molar-refractivity contribution in [2.24, 2.45) is 5.41 Å². The van der Waals surface area contributed by atoms with Crippen LogP contribution in [0.1, 0.15) is 49.2 Å². The first-order valence-electron chi connectivity index (χ1n) is 9.71. The van der Waals surface area contributed by atoms with Gasteiger partial charge in [0.05, 0.1) is 0 Å². The van der Waals surface area contributed by atoms with Crippen molar-refractivity contribution in [2.45, 2.75) is 40.0 Å². The van der Waals surface area contributed by atoms with E-state index in [4.69, 9.17) is 5.11 Å². The molecule has 144 valence electrons. The Morgan fingerprint density at radius 2 is 1.57 bits per heavy atom. The van der Waals surface area contributed by atoms with Gasteiger partial charge in [0, 0.05) is 6.20 Å². The summed E-state index contributed by atoms with van der Waals surface area (Å²) in [5.74, 6) is -1.02. The second-order valence-electron chi connectivity index (χ2n) is 8.15. The lowest BCUT2D eigenvalue weighted by atomic mass is 9.72. The number of aromatic carboxylic acids is 1. The maximum absolute atomic E-state index is 11.1. The Labute approximate surface area is 167 Å². The minimum atomic E-state index is -1.02. The van der Waals surface area contributed by atoms with Gasteiger partial charge < -0.3 is 5.11 Å². The molecule has 0 aliphatic heterocycles. The highest BCUT2D eigenvalue weighted by molar-refractivity contribution is 5.87. The van der Waals surface area contributed by atoms with Gasteiger partial charge >= 0.3 is 5.97 Å². The molecule has 0 radical (unpaired) electrons. The van der Waals surface area contributed by atoms with Gasteiger partial charge in [0.25, 0.3) is 0 Å². The molecule has 1 aliphatic rings. The summed E-state index contributed by atoms with van der Waals surface area (Å²) in [6.45, 7) is 6.74. The number of carboxylic acid groups (broad SMARTS) is 1. The summed E-state index contributed by atoms with van der Waals surface area (Å²) in [5.41, 5.74) is 6.11. The minimum Gasteiger partial charge on any atom is -0.477 e. The normalized spacial score (nSPS) is 14.4. The number of carboxylic acids is 1. The average Bonchev–Trinajstić information content (AvgIpc) is 2.68. The Hall–Kier alpha value is -2.94. The predicted molar refractivity (Wildman–Crippen MR) is 114 cm³/mol. The van der Waals surface area contributed by atoms with E-state index < -0.39 is 5.97 Å². The quantitative estimate of drug-likeness (QED) is 0.561. The molecule has 4 rings (SSSR count). The summed E-state index contributed by atoms with van der Waals surface area (Å²) in [7, 11) is 0. The van der Waals surface area contributed by atoms with Crippen LogP contribution in [0.25, 0.3) is 22.3 Å². The summed E-state index contributed by atoms with van der Waals surface area (Å²) in [4.78, 5) is 14.9. The van der Waals surface area contributed by atoms with E-state index in [-0.39, 0.29) is 5.69 Å². The van der Waals surface area contributed by atoms with Crippen LogP contribution < -0.4 is 0 Å². The molecular formula is C25H27NO2. The summed E-state index contributed by atoms with van der Waals surface area (Å²) in [6.07, 6.45) is 5.90. The highest BCUT2D eigenvalue weighted by Crippen LogP contribution is 2.39. The van der Waals surface area contributed by atoms with Gasteiger partial charge in [-0.05, 0) is 71.2 Å². The first kappa shape index (κ1) is 19.8. The molecule has 0 saturated heterocycles. The molecule has 1 fully saturated rings. The number of rotatable bonds is 3. The number of aryl methyl sites for hydroxylation is 1. The zero-order valence-electron chi connectivity index (χ0n) is 16.8. The van der Waals surface area contributed by atoms with Gasteiger partial charge in [-0.1, -0.05) is 62.7 Å². The van der Waals surface area contributed by atoms with Crippen molar-refractivity contribution < 1.29 is 9.90 Å². The van der Waals surface area contributed by atoms with Crippen molar-refractivity contribution >= 4 is 5.97 Å². The molecule has 0 amide bonds. The molecule has 0 spiro atoms. The molecule has 3 heteroatoms. The third kappa shape index (κ3) is 4.86. The molecule has 2 aromatic carbocycles. The number of carbonyl (C=O) groups is 1. The number of pyridine rings is 1. The standard InChI is InChI=1S/C19H15NO2.C6H12/c1-13-5-2-3-8-17(13)16-7-4-6-14(11-16)15-9-10-20-18(12-15)19(21)22;1-6(2)4-3-5-6/h2-12H,1H3,(H,21,22);3-5H2,1-2H3. The molecule has 1 heterocycles. The molecule has 0 bridgehead atoms. The molecule has 1 N–H and O–H groups in total. The third-order valence-corrected chi connectivity index (χ3v) is 5.34. The van der Waals surface area contributed by atoms with Crippen LogP contribution >= 0.6 is 0 Å². The van der Waals surface area contributed by atoms with Crippen LogP contribution in [0.5, 0.6) is 0 Å². The van der Waals surface area contributed by atoms with Crippen molar-refractivity contribution in [2.75, 3.05) is 0 Å². The fraction of sp³-hybridized carbons (Fsp3) is 0.280. The Bertz CT molecular complexity index is 970. The fourth-order valence-corrected chi connectivity index (χ4v) is 3.37. The molecule has 1 aliphatic carbocycles. The zero-order valence-corrected chi connectivity index (χ0v) is 16.8. The molecule has 3 nitrogen and oxygen atoms in total. The molecule has 1 saturated carbocycles. The molecule has 1 aromatic heterocycles. The van der Waals surface area contributed by atoms with E-state index in [9.17, 15) is 4.79 Å². The molecular weight excluding hydrogens is 346 g/mol. The maximum atomic E-state index is 11.1. The van der Waals surface area contributed by atoms with Crippen molar-refractivity contribution in [1.82, 2.24) is 4.98 Å². The van der Waals surface area contributed by atoms with E-state index in [0.29, 0.717) is 0 Å². The first-order chi connectivity index (χ1) is 13.4. The molecule has 28 heavy (non-hydrogen) atoms. The van der Waals surface area contributed by atoms with Crippen LogP contribution in [0.15, 0.2) is 66.9 Å². The van der Waals surface area contributed by atoms with Crippen LogP contribution in [0.3, 0.4) is 0 Å². The van der Waals surface area contributed by atoms with E-state index in [1.165, 1.54) is 36.6 Å². The molecule has 0 unspecified atom stereocenters. The van der Waals surface area contributed by atoms with Gasteiger partial charge in [0.2, 0.25) is 0 Å². The van der Waals surface area contributed by atoms with Crippen molar-refractivity contribution in [1.29, 1.82) is 0 Å². The van der Waals surface area contributed by atoms with E-state index in [1.807, 2.05) is 30.3 Å². The zero-order chi connectivity index (χ0) is 20.1. The number of hydrogen-bond acceptors (Lipinski definition) is 2. The van der Waals surface area contributed by atoms with Crippen LogP contribution in [0, 0.1) is 12.3 Å². The highest BCUT2D eigenvalue weighted by Gasteiger charge is 2.25. The second-order valence-corrected chi connectivity index (χ2v) is 8.15. The Kier molecular flexibility index (Phi) is 5.93. The van der Waals surface area contributed by atoms with Crippen molar-refractivity contribution in [3.8, 4) is 22.3 Å². The summed E-state index contributed by atoms with van der Waals surface area (Å²) in [6, 6.07) is 19.7. The van der Waals surface area contributed by atoms with E-state index in [0.717, 1.165) is 22.1 Å². The Morgan fingerprint density at radius 3 is 2.18 bits per heavy atom. The lowest BCUT2D eigenvalue weighted by molar-refractivity contribution is 0.0690. The first-order valence-corrected chi connectivity index (χ1v) is 9.71. The molecule has 0 atom stereocenters. The summed E-state index contributed by atoms with van der Waals surface area (Å²) < 4.78 is 0. The lowest BCUT2D eigenvalue weighted by Gasteiger charge is -2.33. The number of hydrogen-bond donors (Lipinski definition) is 1. The third-order valence-electron chi connectivity index (χ3n) is 5.34. The number of benzene rings is 2. The van der Waals surface area contributed by atoms with Gasteiger partial charge in [-0.15, -0.1) is 0 Å². The summed E-state index contributed by atoms with van der Waals surface area (Å²) >= 11 is 0. The Morgan fingerprint density at radius 1 is 0.929 bits per heavy atom. The second kappa shape index (κ2) is 8.39.